The van der Waals surface area contributed by atoms with Crippen molar-refractivity contribution in [2.75, 3.05) is 44.6 Å². The molecule has 1 fully saturated rings. The highest BCUT2D eigenvalue weighted by molar-refractivity contribution is 6.32. The van der Waals surface area contributed by atoms with Crippen molar-refractivity contribution in [2.45, 2.75) is 44.9 Å². The van der Waals surface area contributed by atoms with E-state index in [0.717, 1.165) is 53.7 Å². The molecule has 1 amide bonds. The van der Waals surface area contributed by atoms with Gasteiger partial charge in [0.05, 0.1) is 30.2 Å². The Labute approximate surface area is 291 Å². The molecule has 2 N–H and O–H groups in total. The molecule has 2 aliphatic rings. The van der Waals surface area contributed by atoms with Gasteiger partial charge in [-0.25, -0.2) is 0 Å². The van der Waals surface area contributed by atoms with Crippen molar-refractivity contribution in [1.29, 1.82) is 0 Å². The average molecular weight is 712 g/mol. The number of benzene rings is 3. The molecule has 0 aliphatic carbocycles. The van der Waals surface area contributed by atoms with Gasteiger partial charge in [-0.1, -0.05) is 48.9 Å². The summed E-state index contributed by atoms with van der Waals surface area (Å²) in [7, 11) is 0. The Hall–Kier alpha value is -4.43. The van der Waals surface area contributed by atoms with Gasteiger partial charge < -0.3 is 24.7 Å². The summed E-state index contributed by atoms with van der Waals surface area (Å²) in [4.78, 5) is 32.1. The SMILES string of the molecule is CCCNc1ccc2c(C3=CCN(CC(=O)N4CCOC(OCc5cccc(C(F)(F)F)c5)C4c4ccc(Cl)c([N+](=O)[O-])c4)CC3)c[nH]c2c1. The zero-order valence-corrected chi connectivity index (χ0v) is 28.1. The molecule has 1 aromatic heterocycles. The maximum absolute atomic E-state index is 14.0. The molecule has 10 nitrogen and oxygen atoms in total. The quantitative estimate of drug-likeness (QED) is 0.121. The first-order chi connectivity index (χ1) is 24.0. The first-order valence-electron chi connectivity index (χ1n) is 16.4. The molecule has 264 valence electrons. The van der Waals surface area contributed by atoms with E-state index in [4.69, 9.17) is 21.1 Å². The molecule has 14 heteroatoms. The molecule has 1 saturated heterocycles. The Morgan fingerprint density at radius 1 is 1.16 bits per heavy atom. The number of amides is 1. The van der Waals surface area contributed by atoms with Crippen LogP contribution in [0.25, 0.3) is 16.5 Å². The summed E-state index contributed by atoms with van der Waals surface area (Å²) in [6.07, 6.45) is 0.270. The van der Waals surface area contributed by atoms with Crippen LogP contribution in [0, 0.1) is 10.1 Å². The lowest BCUT2D eigenvalue weighted by molar-refractivity contribution is -0.384. The van der Waals surface area contributed by atoms with Crippen LogP contribution in [0.3, 0.4) is 0 Å². The van der Waals surface area contributed by atoms with Crippen LogP contribution >= 0.6 is 11.6 Å². The summed E-state index contributed by atoms with van der Waals surface area (Å²) < 4.78 is 51.9. The van der Waals surface area contributed by atoms with Gasteiger partial charge in [-0.3, -0.25) is 19.8 Å². The van der Waals surface area contributed by atoms with Gasteiger partial charge in [0.25, 0.3) is 5.69 Å². The second-order valence-corrected chi connectivity index (χ2v) is 12.8. The number of nitro benzene ring substituents is 1. The number of carbonyl (C=O) groups is 1. The van der Waals surface area contributed by atoms with Gasteiger partial charge in [-0.15, -0.1) is 0 Å². The fourth-order valence-corrected chi connectivity index (χ4v) is 6.61. The Morgan fingerprint density at radius 2 is 2.00 bits per heavy atom. The van der Waals surface area contributed by atoms with Crippen molar-refractivity contribution < 1.29 is 32.4 Å². The minimum absolute atomic E-state index is 0.0745. The average Bonchev–Trinajstić information content (AvgIpc) is 3.53. The lowest BCUT2D eigenvalue weighted by Crippen LogP contribution is -2.52. The molecule has 3 heterocycles. The van der Waals surface area contributed by atoms with Crippen LogP contribution in [0.15, 0.2) is 72.9 Å². The van der Waals surface area contributed by atoms with Crippen LogP contribution in [0.2, 0.25) is 5.02 Å². The van der Waals surface area contributed by atoms with E-state index in [9.17, 15) is 28.1 Å². The van der Waals surface area contributed by atoms with Gasteiger partial charge in [-0.2, -0.15) is 13.2 Å². The topological polar surface area (TPSA) is 113 Å². The molecule has 6 rings (SSSR count). The number of carbonyl (C=O) groups excluding carboxylic acids is 1. The number of nitrogens with one attached hydrogen (secondary N) is 2. The largest absolute Gasteiger partial charge is 0.416 e. The van der Waals surface area contributed by atoms with E-state index in [1.54, 1.807) is 11.0 Å². The van der Waals surface area contributed by atoms with E-state index in [1.165, 1.54) is 29.8 Å². The number of aromatic nitrogens is 1. The highest BCUT2D eigenvalue weighted by Crippen LogP contribution is 2.37. The molecule has 2 aliphatic heterocycles. The van der Waals surface area contributed by atoms with Crippen LogP contribution < -0.4 is 5.32 Å². The van der Waals surface area contributed by atoms with Gasteiger partial charge in [-0.05, 0) is 59.9 Å². The Kier molecular flexibility index (Phi) is 10.8. The predicted octanol–water partition coefficient (Wildman–Crippen LogP) is 7.80. The van der Waals surface area contributed by atoms with Crippen molar-refractivity contribution in [3.8, 4) is 0 Å². The minimum Gasteiger partial charge on any atom is -0.385 e. The van der Waals surface area contributed by atoms with Gasteiger partial charge in [0, 0.05) is 60.6 Å². The number of H-pyrrole nitrogens is 1. The zero-order valence-electron chi connectivity index (χ0n) is 27.3. The van der Waals surface area contributed by atoms with Crippen molar-refractivity contribution >= 4 is 45.4 Å². The molecule has 0 radical (unpaired) electrons. The zero-order chi connectivity index (χ0) is 35.4. The number of nitrogens with zero attached hydrogens (tertiary/aromatic N) is 3. The second kappa shape index (κ2) is 15.2. The standard InChI is InChI=1S/C36H37ClF3N5O5/c1-2-12-41-27-7-8-28-29(20-42-31(28)19-27)24-10-13-43(14-11-24)21-33(46)44-15-16-49-35(34(44)25-6-9-30(37)32(18-25)45(47)48)50-22-23-4-3-5-26(17-23)36(38,39)40/h3-10,17-20,34-35,41-42H,2,11-16,21-22H2,1H3. The summed E-state index contributed by atoms with van der Waals surface area (Å²) >= 11 is 6.10. The van der Waals surface area contributed by atoms with E-state index in [0.29, 0.717) is 18.7 Å². The monoisotopic (exact) mass is 711 g/mol. The summed E-state index contributed by atoms with van der Waals surface area (Å²) in [6.45, 7) is 4.32. The summed E-state index contributed by atoms with van der Waals surface area (Å²) in [5.74, 6) is -0.236. The number of fused-ring (bicyclic) bond motifs is 1. The van der Waals surface area contributed by atoms with Gasteiger partial charge in [0.2, 0.25) is 5.91 Å². The number of ether oxygens (including phenoxy) is 2. The second-order valence-electron chi connectivity index (χ2n) is 12.4. The van der Waals surface area contributed by atoms with Crippen molar-refractivity contribution in [3.05, 3.63) is 110 Å². The number of morpholine rings is 1. The molecule has 50 heavy (non-hydrogen) atoms. The van der Waals surface area contributed by atoms with E-state index in [-0.39, 0.29) is 48.5 Å². The fraction of sp³-hybridized carbons (Fsp3) is 0.361. The Morgan fingerprint density at radius 3 is 2.74 bits per heavy atom. The van der Waals surface area contributed by atoms with E-state index in [2.05, 4.69) is 41.5 Å². The van der Waals surface area contributed by atoms with Crippen molar-refractivity contribution in [1.82, 2.24) is 14.8 Å². The van der Waals surface area contributed by atoms with Gasteiger partial charge in [0.1, 0.15) is 11.1 Å². The number of anilines is 1. The lowest BCUT2D eigenvalue weighted by Gasteiger charge is -2.42. The Balaban J connectivity index is 1.19. The molecular formula is C36H37ClF3N5O5. The first-order valence-corrected chi connectivity index (χ1v) is 16.8. The molecule has 3 aromatic carbocycles. The van der Waals surface area contributed by atoms with Crippen LogP contribution in [0.1, 0.15) is 48.1 Å². The van der Waals surface area contributed by atoms with Gasteiger partial charge in [0.15, 0.2) is 6.29 Å². The summed E-state index contributed by atoms with van der Waals surface area (Å²) in [6, 6.07) is 14.3. The molecule has 0 bridgehead atoms. The fourth-order valence-electron chi connectivity index (χ4n) is 6.42. The third-order valence-corrected chi connectivity index (χ3v) is 9.28. The number of nitro groups is 1. The van der Waals surface area contributed by atoms with E-state index in [1.807, 2.05) is 11.1 Å². The molecule has 4 aromatic rings. The molecule has 0 saturated carbocycles. The van der Waals surface area contributed by atoms with Crippen LogP contribution in [0.4, 0.5) is 24.5 Å². The minimum atomic E-state index is -4.53. The summed E-state index contributed by atoms with van der Waals surface area (Å²) in [5.41, 5.74) is 3.88. The summed E-state index contributed by atoms with van der Waals surface area (Å²) in [5, 5.41) is 16.2. The Bertz CT molecular complexity index is 1900. The first kappa shape index (κ1) is 35.4. The third kappa shape index (κ3) is 7.96. The van der Waals surface area contributed by atoms with Crippen LogP contribution in [0.5, 0.6) is 0 Å². The lowest BCUT2D eigenvalue weighted by atomic mass is 9.98. The van der Waals surface area contributed by atoms with E-state index < -0.39 is 29.0 Å². The predicted molar refractivity (Wildman–Crippen MR) is 185 cm³/mol. The van der Waals surface area contributed by atoms with E-state index >= 15 is 0 Å². The normalized spacial score (nSPS) is 18.7. The molecule has 0 spiro atoms. The highest BCUT2D eigenvalue weighted by atomic mass is 35.5. The number of rotatable bonds is 11. The number of hydrogen-bond donors (Lipinski definition) is 2. The molecular weight excluding hydrogens is 675 g/mol. The number of halogens is 4. The third-order valence-electron chi connectivity index (χ3n) is 8.96. The van der Waals surface area contributed by atoms with Crippen molar-refractivity contribution in [2.24, 2.45) is 0 Å². The number of aromatic amines is 1. The van der Waals surface area contributed by atoms with Crippen LogP contribution in [-0.4, -0.2) is 71.2 Å². The molecule has 2 unspecified atom stereocenters. The van der Waals surface area contributed by atoms with Crippen molar-refractivity contribution in [3.63, 3.8) is 0 Å². The maximum atomic E-state index is 14.0. The number of alkyl halides is 3. The maximum Gasteiger partial charge on any atom is 0.416 e. The molecule has 2 atom stereocenters. The smallest absolute Gasteiger partial charge is 0.385 e. The van der Waals surface area contributed by atoms with Crippen LogP contribution in [-0.2, 0) is 27.1 Å². The van der Waals surface area contributed by atoms with Gasteiger partial charge >= 0.3 is 6.18 Å². The highest BCUT2D eigenvalue weighted by Gasteiger charge is 2.39. The number of hydrogen-bond acceptors (Lipinski definition) is 7.